The molecule has 2 N–H and O–H groups in total. The van der Waals surface area contributed by atoms with Crippen molar-refractivity contribution in [1.29, 1.82) is 0 Å². The van der Waals surface area contributed by atoms with Gasteiger partial charge in [0.1, 0.15) is 0 Å². The van der Waals surface area contributed by atoms with Crippen molar-refractivity contribution in [1.82, 2.24) is 0 Å². The van der Waals surface area contributed by atoms with Crippen LogP contribution in [0, 0.1) is 6.92 Å². The first kappa shape index (κ1) is 8.12. The largest absolute Gasteiger partial charge is 0.399 e. The van der Waals surface area contributed by atoms with Crippen LogP contribution in [-0.2, 0) is 0 Å². The average Bonchev–Trinajstić information content (AvgIpc) is 1.85. The minimum Gasteiger partial charge on any atom is -0.399 e. The van der Waals surface area contributed by atoms with Gasteiger partial charge in [0.15, 0.2) is 0 Å². The zero-order chi connectivity index (χ0) is 8.43. The lowest BCUT2D eigenvalue weighted by molar-refractivity contribution is 0.857. The van der Waals surface area contributed by atoms with E-state index in [0.29, 0.717) is 5.92 Å². The van der Waals surface area contributed by atoms with Crippen LogP contribution in [0.2, 0.25) is 0 Å². The minimum atomic E-state index is 0. The average molecular weight is 151 g/mol. The highest BCUT2D eigenvalue weighted by molar-refractivity contribution is 5.45. The summed E-state index contributed by atoms with van der Waals surface area (Å²) in [5.74, 6) is 0.593. The van der Waals surface area contributed by atoms with E-state index in [2.05, 4.69) is 26.8 Å². The zero-order valence-electron chi connectivity index (χ0n) is 7.39. The van der Waals surface area contributed by atoms with Crippen molar-refractivity contribution in [3.63, 3.8) is 0 Å². The molecule has 0 bridgehead atoms. The SMILES string of the molecule is Cc1cc(N)ccc1C(C)C.[HH]. The standard InChI is InChI=1S/C10H15N.H2/c1-7(2)10-5-4-9(11)6-8(10)3;/h4-7H,11H2,1-3H3;1H. The predicted molar refractivity (Wildman–Crippen MR) is 51.8 cm³/mol. The molecule has 0 heterocycles. The highest BCUT2D eigenvalue weighted by Crippen LogP contribution is 2.20. The van der Waals surface area contributed by atoms with Gasteiger partial charge in [0.05, 0.1) is 0 Å². The number of aryl methyl sites for hydroxylation is 1. The van der Waals surface area contributed by atoms with Crippen LogP contribution in [0.15, 0.2) is 18.2 Å². The Labute approximate surface area is 69.7 Å². The second kappa shape index (κ2) is 2.95. The van der Waals surface area contributed by atoms with Gasteiger partial charge in [-0.05, 0) is 36.1 Å². The summed E-state index contributed by atoms with van der Waals surface area (Å²) in [5, 5.41) is 0. The van der Waals surface area contributed by atoms with Crippen LogP contribution in [-0.4, -0.2) is 0 Å². The lowest BCUT2D eigenvalue weighted by Crippen LogP contribution is -1.93. The monoisotopic (exact) mass is 151 g/mol. The number of hydrogen-bond donors (Lipinski definition) is 1. The van der Waals surface area contributed by atoms with Crippen molar-refractivity contribution < 1.29 is 1.43 Å². The molecule has 1 heteroatoms. The van der Waals surface area contributed by atoms with E-state index in [9.17, 15) is 0 Å². The molecule has 1 rings (SSSR count). The molecular formula is C10H17N. The van der Waals surface area contributed by atoms with E-state index in [-0.39, 0.29) is 1.43 Å². The highest BCUT2D eigenvalue weighted by atomic mass is 14.5. The molecule has 0 aliphatic rings. The second-order valence-corrected chi connectivity index (χ2v) is 3.27. The topological polar surface area (TPSA) is 26.0 Å². The van der Waals surface area contributed by atoms with Gasteiger partial charge in [-0.3, -0.25) is 0 Å². The maximum atomic E-state index is 5.63. The van der Waals surface area contributed by atoms with Crippen LogP contribution in [0.4, 0.5) is 5.69 Å². The predicted octanol–water partition coefficient (Wildman–Crippen LogP) is 2.95. The molecule has 11 heavy (non-hydrogen) atoms. The van der Waals surface area contributed by atoms with Crippen molar-refractivity contribution in [3.8, 4) is 0 Å². The number of anilines is 1. The summed E-state index contributed by atoms with van der Waals surface area (Å²) in [6.07, 6.45) is 0. The molecule has 0 fully saturated rings. The Hall–Kier alpha value is -0.980. The molecule has 0 saturated heterocycles. The molecule has 0 radical (unpaired) electrons. The number of benzene rings is 1. The first-order valence-corrected chi connectivity index (χ1v) is 3.97. The first-order chi connectivity index (χ1) is 5.11. The van der Waals surface area contributed by atoms with Gasteiger partial charge in [0.2, 0.25) is 0 Å². The third-order valence-electron chi connectivity index (χ3n) is 1.92. The zero-order valence-corrected chi connectivity index (χ0v) is 7.39. The molecule has 0 unspecified atom stereocenters. The van der Waals surface area contributed by atoms with Crippen LogP contribution < -0.4 is 5.73 Å². The molecule has 62 valence electrons. The third-order valence-corrected chi connectivity index (χ3v) is 1.92. The van der Waals surface area contributed by atoms with Crippen molar-refractivity contribution in [3.05, 3.63) is 29.3 Å². The lowest BCUT2D eigenvalue weighted by atomic mass is 9.98. The Morgan fingerprint density at radius 3 is 2.45 bits per heavy atom. The van der Waals surface area contributed by atoms with E-state index < -0.39 is 0 Å². The van der Waals surface area contributed by atoms with Crippen molar-refractivity contribution in [2.45, 2.75) is 26.7 Å². The molecule has 0 spiro atoms. The number of hydrogen-bond acceptors (Lipinski definition) is 1. The Balaban J connectivity index is 0.00000121. The van der Waals surface area contributed by atoms with Crippen LogP contribution in [0.5, 0.6) is 0 Å². The summed E-state index contributed by atoms with van der Waals surface area (Å²) in [4.78, 5) is 0. The molecule has 0 amide bonds. The van der Waals surface area contributed by atoms with E-state index in [1.54, 1.807) is 0 Å². The number of rotatable bonds is 1. The summed E-state index contributed by atoms with van der Waals surface area (Å²) in [6.45, 7) is 6.49. The minimum absolute atomic E-state index is 0. The Bertz CT molecular complexity index is 256. The second-order valence-electron chi connectivity index (χ2n) is 3.27. The Morgan fingerprint density at radius 1 is 1.36 bits per heavy atom. The fourth-order valence-corrected chi connectivity index (χ4v) is 1.35. The van der Waals surface area contributed by atoms with E-state index >= 15 is 0 Å². The molecule has 1 aromatic carbocycles. The maximum Gasteiger partial charge on any atom is 0.0316 e. The third kappa shape index (κ3) is 1.73. The van der Waals surface area contributed by atoms with E-state index in [4.69, 9.17) is 5.73 Å². The molecule has 0 aliphatic heterocycles. The summed E-state index contributed by atoms with van der Waals surface area (Å²) in [5.41, 5.74) is 9.16. The summed E-state index contributed by atoms with van der Waals surface area (Å²) >= 11 is 0. The summed E-state index contributed by atoms with van der Waals surface area (Å²) in [7, 11) is 0. The van der Waals surface area contributed by atoms with Gasteiger partial charge in [-0.2, -0.15) is 0 Å². The van der Waals surface area contributed by atoms with Gasteiger partial charge in [0, 0.05) is 7.11 Å². The quantitative estimate of drug-likeness (QED) is 0.613. The Morgan fingerprint density at radius 2 is 2.00 bits per heavy atom. The molecule has 0 saturated carbocycles. The van der Waals surface area contributed by atoms with Crippen LogP contribution in [0.1, 0.15) is 32.3 Å². The highest BCUT2D eigenvalue weighted by Gasteiger charge is 2.01. The summed E-state index contributed by atoms with van der Waals surface area (Å²) < 4.78 is 0. The number of nitrogens with two attached hydrogens (primary N) is 1. The fourth-order valence-electron chi connectivity index (χ4n) is 1.35. The van der Waals surface area contributed by atoms with Gasteiger partial charge in [-0.15, -0.1) is 0 Å². The fraction of sp³-hybridized carbons (Fsp3) is 0.400. The van der Waals surface area contributed by atoms with E-state index in [0.717, 1.165) is 5.69 Å². The van der Waals surface area contributed by atoms with E-state index in [1.165, 1.54) is 11.1 Å². The lowest BCUT2D eigenvalue weighted by Gasteiger charge is -2.09. The normalized spacial score (nSPS) is 10.5. The van der Waals surface area contributed by atoms with Crippen LogP contribution in [0.3, 0.4) is 0 Å². The van der Waals surface area contributed by atoms with Gasteiger partial charge >= 0.3 is 0 Å². The number of nitrogen functional groups attached to an aromatic ring is 1. The van der Waals surface area contributed by atoms with Gasteiger partial charge in [0.25, 0.3) is 0 Å². The van der Waals surface area contributed by atoms with Gasteiger partial charge in [-0.25, -0.2) is 0 Å². The van der Waals surface area contributed by atoms with E-state index in [1.807, 2.05) is 12.1 Å². The Kier molecular flexibility index (Phi) is 2.18. The molecule has 0 atom stereocenters. The molecule has 0 aliphatic carbocycles. The van der Waals surface area contributed by atoms with Crippen molar-refractivity contribution in [2.24, 2.45) is 0 Å². The van der Waals surface area contributed by atoms with Crippen molar-refractivity contribution in [2.75, 3.05) is 5.73 Å². The molecule has 1 aromatic rings. The summed E-state index contributed by atoms with van der Waals surface area (Å²) in [6, 6.07) is 6.09. The van der Waals surface area contributed by atoms with Crippen LogP contribution in [0.25, 0.3) is 0 Å². The van der Waals surface area contributed by atoms with Gasteiger partial charge < -0.3 is 5.73 Å². The van der Waals surface area contributed by atoms with Gasteiger partial charge in [-0.1, -0.05) is 19.9 Å². The molecular weight excluding hydrogens is 134 g/mol. The van der Waals surface area contributed by atoms with Crippen molar-refractivity contribution >= 4 is 5.69 Å². The van der Waals surface area contributed by atoms with Crippen LogP contribution >= 0.6 is 0 Å². The molecule has 0 aromatic heterocycles. The molecule has 1 nitrogen and oxygen atoms in total. The smallest absolute Gasteiger partial charge is 0.0316 e. The first-order valence-electron chi connectivity index (χ1n) is 3.97. The maximum absolute atomic E-state index is 5.63.